The molecule has 0 spiro atoms. The summed E-state index contributed by atoms with van der Waals surface area (Å²) in [5, 5.41) is 17.1. The maximum absolute atomic E-state index is 11.5. The third-order valence-electron chi connectivity index (χ3n) is 5.10. The molecule has 0 aliphatic carbocycles. The minimum absolute atomic E-state index is 0.0178. The van der Waals surface area contributed by atoms with E-state index in [9.17, 15) is 9.59 Å². The second-order valence-electron chi connectivity index (χ2n) is 8.67. The number of carbonyl (C=O) groups excluding carboxylic acids is 1. The van der Waals surface area contributed by atoms with Gasteiger partial charge in [0.15, 0.2) is 0 Å². The van der Waals surface area contributed by atoms with Crippen LogP contribution >= 0.6 is 0 Å². The molecule has 0 atom stereocenters. The van der Waals surface area contributed by atoms with E-state index < -0.39 is 5.97 Å². The van der Waals surface area contributed by atoms with Crippen molar-refractivity contribution in [2.24, 2.45) is 0 Å². The molecule has 256 valence electrons. The topological polar surface area (TPSA) is 176 Å². The summed E-state index contributed by atoms with van der Waals surface area (Å²) in [6, 6.07) is 0. The zero-order valence-corrected chi connectivity index (χ0v) is 25.6. The lowest BCUT2D eigenvalue weighted by molar-refractivity contribution is -0.146. The molecule has 0 saturated carbocycles. The normalized spacial score (nSPS) is 11.3. The highest BCUT2D eigenvalue weighted by Crippen LogP contribution is 2.01. The summed E-state index contributed by atoms with van der Waals surface area (Å²) in [5.41, 5.74) is 0. The fraction of sp³-hybridized carbons (Fsp3) is 0.929. The van der Waals surface area contributed by atoms with Crippen molar-refractivity contribution < 1.29 is 71.9 Å². The SMILES string of the molecule is O=C(O)CCCCC(=O)OCCOCCOCCOCCOCCOCCOCCOCCOCCOCCOCCO. The molecule has 2 N–H and O–H groups in total. The number of carboxylic acid groups (broad SMARTS) is 1. The Balaban J connectivity index is 3.09. The first-order valence-corrected chi connectivity index (χ1v) is 14.9. The van der Waals surface area contributed by atoms with Crippen LogP contribution in [0.15, 0.2) is 0 Å². The Kier molecular flexibility index (Phi) is 35.4. The third-order valence-corrected chi connectivity index (χ3v) is 5.10. The van der Waals surface area contributed by atoms with Gasteiger partial charge < -0.3 is 62.3 Å². The number of aliphatic carboxylic acids is 1. The van der Waals surface area contributed by atoms with Crippen molar-refractivity contribution in [1.82, 2.24) is 0 Å². The van der Waals surface area contributed by atoms with Crippen LogP contribution < -0.4 is 0 Å². The van der Waals surface area contributed by atoms with Crippen LogP contribution in [-0.4, -0.2) is 168 Å². The monoisotopic (exact) mass is 630 g/mol. The number of aliphatic hydroxyl groups is 1. The van der Waals surface area contributed by atoms with Gasteiger partial charge in [-0.05, 0) is 12.8 Å². The number of hydrogen-bond donors (Lipinski definition) is 2. The van der Waals surface area contributed by atoms with Gasteiger partial charge in [-0.3, -0.25) is 9.59 Å². The van der Waals surface area contributed by atoms with Gasteiger partial charge in [0.25, 0.3) is 0 Å². The maximum Gasteiger partial charge on any atom is 0.305 e. The lowest BCUT2D eigenvalue weighted by atomic mass is 10.2. The molecule has 0 amide bonds. The molecule has 0 saturated heterocycles. The zero-order chi connectivity index (χ0) is 31.3. The number of aliphatic hydroxyl groups excluding tert-OH is 1. The van der Waals surface area contributed by atoms with E-state index in [2.05, 4.69) is 0 Å². The minimum Gasteiger partial charge on any atom is -0.481 e. The number of hydrogen-bond acceptors (Lipinski definition) is 14. The van der Waals surface area contributed by atoms with Crippen LogP contribution in [-0.2, 0) is 61.7 Å². The summed E-state index contributed by atoms with van der Waals surface area (Å²) in [5.74, 6) is -1.21. The summed E-state index contributed by atoms with van der Waals surface area (Å²) in [4.78, 5) is 21.9. The summed E-state index contributed by atoms with van der Waals surface area (Å²) in [6.45, 7) is 9.22. The Morgan fingerprint density at radius 2 is 0.628 bits per heavy atom. The van der Waals surface area contributed by atoms with Gasteiger partial charge in [0.2, 0.25) is 0 Å². The lowest BCUT2D eigenvalue weighted by Gasteiger charge is -2.09. The Labute approximate surface area is 255 Å². The molecule has 43 heavy (non-hydrogen) atoms. The van der Waals surface area contributed by atoms with E-state index in [1.807, 2.05) is 0 Å². The van der Waals surface area contributed by atoms with Crippen LogP contribution in [0.1, 0.15) is 25.7 Å². The molecule has 0 fully saturated rings. The van der Waals surface area contributed by atoms with Crippen LogP contribution in [0, 0.1) is 0 Å². The highest BCUT2D eigenvalue weighted by atomic mass is 16.6. The van der Waals surface area contributed by atoms with Crippen LogP contribution in [0.3, 0.4) is 0 Å². The predicted octanol–water partition coefficient (Wildman–Crippen LogP) is 0.333. The van der Waals surface area contributed by atoms with Crippen LogP contribution in [0.2, 0.25) is 0 Å². The average Bonchev–Trinajstić information content (AvgIpc) is 2.99. The van der Waals surface area contributed by atoms with Crippen molar-refractivity contribution in [3.8, 4) is 0 Å². The molecule has 15 nitrogen and oxygen atoms in total. The Hall–Kier alpha value is -1.50. The van der Waals surface area contributed by atoms with Gasteiger partial charge in [-0.1, -0.05) is 0 Å². The molecule has 0 bridgehead atoms. The van der Waals surface area contributed by atoms with E-state index in [1.54, 1.807) is 0 Å². The first-order chi connectivity index (χ1) is 21.2. The molecular weight excluding hydrogens is 576 g/mol. The van der Waals surface area contributed by atoms with Crippen molar-refractivity contribution >= 4 is 11.9 Å². The molecule has 15 heteroatoms. The lowest BCUT2D eigenvalue weighted by Crippen LogP contribution is -2.15. The highest BCUT2D eigenvalue weighted by molar-refractivity contribution is 5.69. The molecule has 0 aromatic carbocycles. The van der Waals surface area contributed by atoms with E-state index in [4.69, 9.17) is 62.3 Å². The minimum atomic E-state index is -0.864. The quantitative estimate of drug-likeness (QED) is 0.0709. The van der Waals surface area contributed by atoms with Crippen molar-refractivity contribution in [1.29, 1.82) is 0 Å². The van der Waals surface area contributed by atoms with Crippen molar-refractivity contribution in [3.63, 3.8) is 0 Å². The van der Waals surface area contributed by atoms with Gasteiger partial charge in [-0.15, -0.1) is 0 Å². The van der Waals surface area contributed by atoms with Gasteiger partial charge in [-0.2, -0.15) is 0 Å². The summed E-state index contributed by atoms with van der Waals surface area (Å²) < 4.78 is 58.6. The fourth-order valence-corrected chi connectivity index (χ4v) is 2.98. The highest BCUT2D eigenvalue weighted by Gasteiger charge is 2.04. The van der Waals surface area contributed by atoms with Crippen LogP contribution in [0.5, 0.6) is 0 Å². The van der Waals surface area contributed by atoms with E-state index in [-0.39, 0.29) is 38.6 Å². The van der Waals surface area contributed by atoms with E-state index in [1.165, 1.54) is 0 Å². The zero-order valence-electron chi connectivity index (χ0n) is 25.6. The Bertz CT molecular complexity index is 582. The molecule has 0 radical (unpaired) electrons. The van der Waals surface area contributed by atoms with Crippen LogP contribution in [0.4, 0.5) is 0 Å². The number of ether oxygens (including phenoxy) is 11. The number of carbonyl (C=O) groups is 2. The standard InChI is InChI=1S/C28H54O15/c29-5-6-33-7-8-34-9-10-35-11-12-36-13-14-37-15-16-38-17-18-39-19-20-40-21-22-41-23-24-42-25-26-43-28(32)4-2-1-3-27(30)31/h29H,1-26H2,(H,30,31). The molecule has 0 unspecified atom stereocenters. The van der Waals surface area contributed by atoms with Gasteiger partial charge in [0, 0.05) is 12.8 Å². The first-order valence-electron chi connectivity index (χ1n) is 14.9. The molecule has 0 aromatic heterocycles. The smallest absolute Gasteiger partial charge is 0.305 e. The van der Waals surface area contributed by atoms with E-state index in [0.29, 0.717) is 138 Å². The molecule has 0 rings (SSSR count). The second-order valence-corrected chi connectivity index (χ2v) is 8.67. The largest absolute Gasteiger partial charge is 0.481 e. The van der Waals surface area contributed by atoms with Gasteiger partial charge in [-0.25, -0.2) is 0 Å². The Morgan fingerprint density at radius 3 is 0.907 bits per heavy atom. The average molecular weight is 631 g/mol. The number of rotatable bonds is 37. The van der Waals surface area contributed by atoms with Gasteiger partial charge >= 0.3 is 11.9 Å². The van der Waals surface area contributed by atoms with E-state index in [0.717, 1.165) is 0 Å². The van der Waals surface area contributed by atoms with Crippen molar-refractivity contribution in [2.75, 3.05) is 145 Å². The number of carboxylic acids is 1. The molecule has 0 aromatic rings. The summed E-state index contributed by atoms with van der Waals surface area (Å²) in [7, 11) is 0. The van der Waals surface area contributed by atoms with Gasteiger partial charge in [0.05, 0.1) is 139 Å². The second kappa shape index (κ2) is 36.7. The molecular formula is C28H54O15. The predicted molar refractivity (Wildman–Crippen MR) is 152 cm³/mol. The van der Waals surface area contributed by atoms with Gasteiger partial charge in [0.1, 0.15) is 6.61 Å². The molecule has 0 aliphatic heterocycles. The van der Waals surface area contributed by atoms with Crippen LogP contribution in [0.25, 0.3) is 0 Å². The first kappa shape index (κ1) is 41.5. The Morgan fingerprint density at radius 1 is 0.372 bits per heavy atom. The van der Waals surface area contributed by atoms with Crippen molar-refractivity contribution in [3.05, 3.63) is 0 Å². The third kappa shape index (κ3) is 38.5. The van der Waals surface area contributed by atoms with E-state index >= 15 is 0 Å². The van der Waals surface area contributed by atoms with Crippen molar-refractivity contribution in [2.45, 2.75) is 25.7 Å². The number of unbranched alkanes of at least 4 members (excludes halogenated alkanes) is 1. The maximum atomic E-state index is 11.5. The molecule has 0 heterocycles. The molecule has 0 aliphatic rings. The fourth-order valence-electron chi connectivity index (χ4n) is 2.98. The summed E-state index contributed by atoms with van der Waals surface area (Å²) >= 11 is 0. The summed E-state index contributed by atoms with van der Waals surface area (Å²) in [6.07, 6.45) is 1.23. The number of esters is 1.